The van der Waals surface area contributed by atoms with Crippen LogP contribution in [0.3, 0.4) is 0 Å². The number of ether oxygens (including phenoxy) is 2. The molecule has 5 unspecified atom stereocenters. The molecular weight excluding hydrogens is 591 g/mol. The number of aliphatic imine (C=N–C) groups is 1. The molecule has 0 amide bonds. The molecule has 0 aliphatic carbocycles. The molecule has 0 bridgehead atoms. The van der Waals surface area contributed by atoms with Gasteiger partial charge in [-0.2, -0.15) is 23.8 Å². The third-order valence-corrected chi connectivity index (χ3v) is 7.02. The van der Waals surface area contributed by atoms with Crippen molar-refractivity contribution >= 4 is 23.4 Å². The normalized spacial score (nSPS) is 24.8. The highest BCUT2D eigenvalue weighted by molar-refractivity contribution is 6.30. The Morgan fingerprint density at radius 2 is 2.05 bits per heavy atom. The van der Waals surface area contributed by atoms with Crippen LogP contribution >= 0.6 is 11.6 Å². The highest BCUT2D eigenvalue weighted by atomic mass is 35.5. The van der Waals surface area contributed by atoms with Gasteiger partial charge in [0, 0.05) is 34.6 Å². The van der Waals surface area contributed by atoms with Gasteiger partial charge < -0.3 is 20.3 Å². The summed E-state index contributed by atoms with van der Waals surface area (Å²) in [6.45, 7) is 1.61. The van der Waals surface area contributed by atoms with Crippen molar-refractivity contribution in [3.05, 3.63) is 76.0 Å². The van der Waals surface area contributed by atoms with Gasteiger partial charge in [0.1, 0.15) is 42.0 Å². The Morgan fingerprint density at radius 1 is 1.29 bits per heavy atom. The molecule has 5 rings (SSSR count). The van der Waals surface area contributed by atoms with Crippen LogP contribution in [0.2, 0.25) is 5.02 Å². The van der Waals surface area contributed by atoms with Gasteiger partial charge in [-0.25, -0.2) is 18.4 Å². The lowest BCUT2D eigenvalue weighted by molar-refractivity contribution is -0.169. The number of nitrogens with one attached hydrogen (secondary N) is 1. The zero-order chi connectivity index (χ0) is 30.3. The van der Waals surface area contributed by atoms with Gasteiger partial charge in [-0.15, -0.1) is 0 Å². The van der Waals surface area contributed by atoms with Crippen molar-refractivity contribution in [3.63, 3.8) is 0 Å². The van der Waals surface area contributed by atoms with Crippen molar-refractivity contribution < 1.29 is 41.4 Å². The number of aryl methyl sites for hydroxylation is 1. The van der Waals surface area contributed by atoms with E-state index in [2.05, 4.69) is 20.6 Å². The van der Waals surface area contributed by atoms with Crippen molar-refractivity contribution in [2.24, 2.45) is 10.7 Å². The van der Waals surface area contributed by atoms with E-state index in [1.165, 1.54) is 20.1 Å². The van der Waals surface area contributed by atoms with Crippen molar-refractivity contribution in [2.45, 2.75) is 43.6 Å². The van der Waals surface area contributed by atoms with Crippen molar-refractivity contribution in [3.8, 4) is 11.4 Å². The molecule has 16 heteroatoms. The second kappa shape index (κ2) is 11.6. The summed E-state index contributed by atoms with van der Waals surface area (Å²) in [7, 11) is 1.28. The first-order chi connectivity index (χ1) is 19.9. The lowest BCUT2D eigenvalue weighted by atomic mass is 9.92. The lowest BCUT2D eigenvalue weighted by Crippen LogP contribution is -2.52. The van der Waals surface area contributed by atoms with Crippen LogP contribution in [0.5, 0.6) is 5.75 Å². The molecule has 2 aliphatic rings. The van der Waals surface area contributed by atoms with E-state index in [4.69, 9.17) is 31.6 Å². The first-order valence-corrected chi connectivity index (χ1v) is 12.8. The average molecular weight is 615 g/mol. The van der Waals surface area contributed by atoms with E-state index in [-0.39, 0.29) is 40.1 Å². The summed E-state index contributed by atoms with van der Waals surface area (Å²) in [6.07, 6.45) is -7.13. The summed E-state index contributed by atoms with van der Waals surface area (Å²) < 4.78 is 82.5. The molecule has 2 fully saturated rings. The number of nitrogens with zero attached hydrogens (tertiary/aromatic N) is 4. The van der Waals surface area contributed by atoms with Crippen LogP contribution in [0.4, 0.5) is 22.0 Å². The van der Waals surface area contributed by atoms with Crippen LogP contribution in [0.15, 0.2) is 41.5 Å². The number of aliphatic hydroxyl groups excluding tert-OH is 1. The first-order valence-electron chi connectivity index (χ1n) is 12.4. The Morgan fingerprint density at radius 3 is 2.74 bits per heavy atom. The third-order valence-electron chi connectivity index (χ3n) is 6.79. The number of methoxy groups -OCH3 is 1. The molecule has 2 saturated heterocycles. The number of hydroxylamine groups is 1. The van der Waals surface area contributed by atoms with E-state index in [9.17, 15) is 27.1 Å². The average Bonchev–Trinajstić information content (AvgIpc) is 3.57. The van der Waals surface area contributed by atoms with E-state index >= 15 is 0 Å². The van der Waals surface area contributed by atoms with Gasteiger partial charge in [-0.05, 0) is 31.2 Å². The number of aliphatic hydroxyl groups is 1. The molecule has 3 aromatic rings. The minimum atomic E-state index is -4.76. The Kier molecular flexibility index (Phi) is 8.22. The van der Waals surface area contributed by atoms with Crippen molar-refractivity contribution in [1.29, 1.82) is 0 Å². The molecule has 2 aromatic carbocycles. The predicted octanol–water partition coefficient (Wildman–Crippen LogP) is 3.68. The Balaban J connectivity index is 1.55. The second-order valence-corrected chi connectivity index (χ2v) is 9.90. The molecule has 0 saturated carbocycles. The van der Waals surface area contributed by atoms with Gasteiger partial charge >= 0.3 is 6.18 Å². The number of fused-ring (bicyclic) bond motifs is 1. The number of halogens is 6. The monoisotopic (exact) mass is 614 g/mol. The molecule has 1 aromatic heterocycles. The largest absolute Gasteiger partial charge is 0.497 e. The van der Waals surface area contributed by atoms with E-state index in [0.29, 0.717) is 0 Å². The van der Waals surface area contributed by atoms with Crippen LogP contribution in [0.1, 0.15) is 28.9 Å². The summed E-state index contributed by atoms with van der Waals surface area (Å²) in [5, 5.41) is 15.6. The smallest absolute Gasteiger partial charge is 0.418 e. The van der Waals surface area contributed by atoms with Gasteiger partial charge in [0.15, 0.2) is 17.5 Å². The number of allylic oxidation sites excluding steroid dienone is 1. The van der Waals surface area contributed by atoms with Gasteiger partial charge in [0.25, 0.3) is 0 Å². The van der Waals surface area contributed by atoms with Crippen LogP contribution < -0.4 is 16.0 Å². The fourth-order valence-electron chi connectivity index (χ4n) is 4.84. The quantitative estimate of drug-likeness (QED) is 0.283. The maximum Gasteiger partial charge on any atom is 0.418 e. The standard InChI is InChI=1S/C26H24ClF5N6O4/c1-11-36-25(38(37-11)18-5-13(27)3-4-16(18)26(30,31)32)24-22(39)21(23-19(41-24)10-35-42-23)34-9-12(8-33)15-6-14(40-2)7-17(28)20(15)29/h3-9,19,21-24,35,39H,10,33H2,1-2H3. The zero-order valence-electron chi connectivity index (χ0n) is 21.9. The number of hydrogen-bond acceptors (Lipinski definition) is 9. The summed E-state index contributed by atoms with van der Waals surface area (Å²) in [5.41, 5.74) is 6.60. The van der Waals surface area contributed by atoms with Gasteiger partial charge in [0.05, 0.1) is 24.9 Å². The molecule has 224 valence electrons. The number of nitrogens with two attached hydrogens (primary N) is 1. The van der Waals surface area contributed by atoms with Crippen molar-refractivity contribution in [2.75, 3.05) is 13.7 Å². The molecule has 3 heterocycles. The van der Waals surface area contributed by atoms with Gasteiger partial charge in [-0.3, -0.25) is 9.83 Å². The van der Waals surface area contributed by atoms with Crippen LogP contribution in [-0.2, 0) is 15.8 Å². The number of hydrogen-bond donors (Lipinski definition) is 3. The number of alkyl halides is 3. The first kappa shape index (κ1) is 29.8. The SMILES string of the molecule is COc1cc(F)c(F)c(C(C=NC2C(O)C(c3nc(C)nn3-c3cc(Cl)ccc3C(F)(F)F)OC3CNOC32)=CN)c1. The zero-order valence-corrected chi connectivity index (χ0v) is 22.7. The fraction of sp³-hybridized carbons (Fsp3) is 0.346. The van der Waals surface area contributed by atoms with E-state index in [1.807, 2.05) is 0 Å². The molecule has 10 nitrogen and oxygen atoms in total. The van der Waals surface area contributed by atoms with Gasteiger partial charge in [-0.1, -0.05) is 11.6 Å². The summed E-state index contributed by atoms with van der Waals surface area (Å²) in [4.78, 5) is 14.2. The third kappa shape index (κ3) is 5.57. The Hall–Kier alpha value is -3.63. The van der Waals surface area contributed by atoms with Crippen molar-refractivity contribution in [1.82, 2.24) is 20.2 Å². The van der Waals surface area contributed by atoms with Gasteiger partial charge in [0.2, 0.25) is 0 Å². The summed E-state index contributed by atoms with van der Waals surface area (Å²) in [5.74, 6) is -2.40. The summed E-state index contributed by atoms with van der Waals surface area (Å²) in [6, 6.07) is 3.95. The summed E-state index contributed by atoms with van der Waals surface area (Å²) >= 11 is 6.03. The lowest BCUT2D eigenvalue weighted by Gasteiger charge is -2.38. The number of aromatic nitrogens is 3. The highest BCUT2D eigenvalue weighted by Gasteiger charge is 2.51. The fourth-order valence-corrected chi connectivity index (χ4v) is 5.00. The second-order valence-electron chi connectivity index (χ2n) is 9.47. The molecule has 42 heavy (non-hydrogen) atoms. The Labute approximate surface area is 240 Å². The van der Waals surface area contributed by atoms with E-state index in [1.54, 1.807) is 0 Å². The minimum Gasteiger partial charge on any atom is -0.497 e. The number of benzene rings is 2. The maximum absolute atomic E-state index is 14.6. The predicted molar refractivity (Wildman–Crippen MR) is 140 cm³/mol. The molecule has 0 radical (unpaired) electrons. The molecule has 5 atom stereocenters. The van der Waals surface area contributed by atoms with E-state index < -0.39 is 59.5 Å². The number of rotatable bonds is 6. The topological polar surface area (TPSA) is 129 Å². The Bertz CT molecular complexity index is 1550. The molecule has 2 aliphatic heterocycles. The van der Waals surface area contributed by atoms with Crippen LogP contribution in [0.25, 0.3) is 11.3 Å². The highest BCUT2D eigenvalue weighted by Crippen LogP contribution is 2.40. The molecule has 0 spiro atoms. The van der Waals surface area contributed by atoms with E-state index in [0.717, 1.165) is 41.4 Å². The molecular formula is C26H24ClF5N6O4. The maximum atomic E-state index is 14.6. The minimum absolute atomic E-state index is 0.0143. The van der Waals surface area contributed by atoms with Crippen LogP contribution in [-0.4, -0.2) is 64.1 Å². The molecule has 4 N–H and O–H groups in total. The van der Waals surface area contributed by atoms with Crippen LogP contribution in [0, 0.1) is 18.6 Å².